The van der Waals surface area contributed by atoms with Crippen LogP contribution in [0.4, 0.5) is 0 Å². The van der Waals surface area contributed by atoms with Crippen molar-refractivity contribution < 1.29 is 24.2 Å². The van der Waals surface area contributed by atoms with Gasteiger partial charge in [0.05, 0.1) is 11.7 Å². The van der Waals surface area contributed by atoms with Gasteiger partial charge in [-0.1, -0.05) is 48.5 Å². The number of carbonyl (C=O) groups excluding carboxylic acids is 2. The number of para-hydroxylation sites is 1. The van der Waals surface area contributed by atoms with Crippen molar-refractivity contribution in [3.05, 3.63) is 83.9 Å². The van der Waals surface area contributed by atoms with E-state index >= 15 is 0 Å². The number of rotatable bonds is 5. The molecule has 1 fully saturated rings. The van der Waals surface area contributed by atoms with Gasteiger partial charge in [-0.2, -0.15) is 0 Å². The number of carbonyl (C=O) groups is 3. The highest BCUT2D eigenvalue weighted by Crippen LogP contribution is 2.23. The molecule has 4 rings (SSSR count). The first-order chi connectivity index (χ1) is 15.9. The monoisotopic (exact) mass is 450 g/mol. The summed E-state index contributed by atoms with van der Waals surface area (Å²) in [6.07, 6.45) is 2.84. The molecule has 0 saturated carbocycles. The third-order valence-electron chi connectivity index (χ3n) is 4.96. The summed E-state index contributed by atoms with van der Waals surface area (Å²) in [5, 5.41) is 13.2. The molecule has 1 aromatic heterocycles. The SMILES string of the molecule is CC(=O)O.Cc1nccn1-c1ccccc1CNC(=O)[C@H]1OCC(=O)N[C@@H]1c1ccccc1. The van der Waals surface area contributed by atoms with Crippen molar-refractivity contribution in [1.29, 1.82) is 0 Å². The van der Waals surface area contributed by atoms with Crippen LogP contribution in [0.1, 0.15) is 29.9 Å². The molecule has 0 bridgehead atoms. The molecule has 3 aromatic rings. The van der Waals surface area contributed by atoms with Crippen LogP contribution in [0.25, 0.3) is 5.69 Å². The Balaban J connectivity index is 0.000000709. The molecule has 0 spiro atoms. The summed E-state index contributed by atoms with van der Waals surface area (Å²) in [5.41, 5.74) is 2.74. The van der Waals surface area contributed by atoms with E-state index in [1.165, 1.54) is 0 Å². The first-order valence-corrected chi connectivity index (χ1v) is 10.4. The summed E-state index contributed by atoms with van der Waals surface area (Å²) >= 11 is 0. The molecule has 0 unspecified atom stereocenters. The fourth-order valence-corrected chi connectivity index (χ4v) is 3.51. The maximum Gasteiger partial charge on any atom is 0.300 e. The third kappa shape index (κ3) is 6.27. The lowest BCUT2D eigenvalue weighted by atomic mass is 9.99. The van der Waals surface area contributed by atoms with E-state index in [0.717, 1.165) is 29.6 Å². The van der Waals surface area contributed by atoms with Crippen LogP contribution in [0.2, 0.25) is 0 Å². The van der Waals surface area contributed by atoms with Crippen LogP contribution in [0.3, 0.4) is 0 Å². The lowest BCUT2D eigenvalue weighted by Gasteiger charge is -2.31. The summed E-state index contributed by atoms with van der Waals surface area (Å²) in [6.45, 7) is 3.21. The van der Waals surface area contributed by atoms with Gasteiger partial charge < -0.3 is 25.0 Å². The van der Waals surface area contributed by atoms with Crippen LogP contribution in [0, 0.1) is 6.92 Å². The Labute approximate surface area is 191 Å². The van der Waals surface area contributed by atoms with E-state index < -0.39 is 18.1 Å². The van der Waals surface area contributed by atoms with Gasteiger partial charge in [0.2, 0.25) is 5.91 Å². The van der Waals surface area contributed by atoms with Gasteiger partial charge >= 0.3 is 0 Å². The second-order valence-corrected chi connectivity index (χ2v) is 7.40. The van der Waals surface area contributed by atoms with Crippen LogP contribution in [-0.4, -0.2) is 45.2 Å². The fraction of sp³-hybridized carbons (Fsp3) is 0.250. The zero-order chi connectivity index (χ0) is 23.8. The maximum atomic E-state index is 12.9. The topological polar surface area (TPSA) is 123 Å². The molecule has 172 valence electrons. The molecule has 3 N–H and O–H groups in total. The molecule has 0 radical (unpaired) electrons. The highest BCUT2D eigenvalue weighted by Gasteiger charge is 2.35. The van der Waals surface area contributed by atoms with Crippen molar-refractivity contribution in [3.8, 4) is 5.69 Å². The van der Waals surface area contributed by atoms with Gasteiger partial charge in [0, 0.05) is 25.9 Å². The predicted molar refractivity (Wildman–Crippen MR) is 121 cm³/mol. The molecule has 9 heteroatoms. The Bertz CT molecular complexity index is 1110. The number of hydrogen-bond acceptors (Lipinski definition) is 5. The number of carboxylic acid groups (broad SMARTS) is 1. The van der Waals surface area contributed by atoms with Crippen molar-refractivity contribution in [1.82, 2.24) is 20.2 Å². The first kappa shape index (κ1) is 23.7. The number of carboxylic acids is 1. The van der Waals surface area contributed by atoms with Crippen molar-refractivity contribution in [2.24, 2.45) is 0 Å². The fourth-order valence-electron chi connectivity index (χ4n) is 3.51. The normalized spacial score (nSPS) is 17.3. The Morgan fingerprint density at radius 1 is 1.18 bits per heavy atom. The zero-order valence-electron chi connectivity index (χ0n) is 18.4. The minimum absolute atomic E-state index is 0.133. The quantitative estimate of drug-likeness (QED) is 0.547. The Kier molecular flexibility index (Phi) is 7.93. The molecular weight excluding hydrogens is 424 g/mol. The molecule has 0 aliphatic carbocycles. The average Bonchev–Trinajstić information content (AvgIpc) is 3.23. The second kappa shape index (κ2) is 11.1. The number of aliphatic carboxylic acids is 1. The minimum atomic E-state index is -0.833. The van der Waals surface area contributed by atoms with Crippen molar-refractivity contribution in [3.63, 3.8) is 0 Å². The predicted octanol–water partition coefficient (Wildman–Crippen LogP) is 2.14. The molecular formula is C24H26N4O5. The van der Waals surface area contributed by atoms with Gasteiger partial charge in [0.1, 0.15) is 12.4 Å². The lowest BCUT2D eigenvalue weighted by molar-refractivity contribution is -0.148. The van der Waals surface area contributed by atoms with Gasteiger partial charge in [-0.3, -0.25) is 14.4 Å². The Morgan fingerprint density at radius 2 is 1.85 bits per heavy atom. The summed E-state index contributed by atoms with van der Waals surface area (Å²) in [4.78, 5) is 38.0. The van der Waals surface area contributed by atoms with Gasteiger partial charge in [0.25, 0.3) is 11.9 Å². The summed E-state index contributed by atoms with van der Waals surface area (Å²) in [6, 6.07) is 16.7. The minimum Gasteiger partial charge on any atom is -0.481 e. The van der Waals surface area contributed by atoms with E-state index in [-0.39, 0.29) is 18.4 Å². The molecule has 1 saturated heterocycles. The van der Waals surface area contributed by atoms with Crippen molar-refractivity contribution >= 4 is 17.8 Å². The molecule has 9 nitrogen and oxygen atoms in total. The maximum absolute atomic E-state index is 12.9. The number of nitrogens with one attached hydrogen (secondary N) is 2. The molecule has 1 aliphatic heterocycles. The number of hydrogen-bond donors (Lipinski definition) is 3. The number of imidazole rings is 1. The van der Waals surface area contributed by atoms with Gasteiger partial charge in [0.15, 0.2) is 6.10 Å². The van der Waals surface area contributed by atoms with E-state index in [2.05, 4.69) is 15.6 Å². The number of nitrogens with zero attached hydrogens (tertiary/aromatic N) is 2. The molecule has 2 heterocycles. The number of aryl methyl sites for hydroxylation is 1. The molecule has 33 heavy (non-hydrogen) atoms. The largest absolute Gasteiger partial charge is 0.481 e. The van der Waals surface area contributed by atoms with Crippen molar-refractivity contribution in [2.45, 2.75) is 32.5 Å². The van der Waals surface area contributed by atoms with Crippen LogP contribution in [0.15, 0.2) is 67.0 Å². The average molecular weight is 450 g/mol. The highest BCUT2D eigenvalue weighted by molar-refractivity contribution is 5.86. The highest BCUT2D eigenvalue weighted by atomic mass is 16.5. The first-order valence-electron chi connectivity index (χ1n) is 10.4. The van der Waals surface area contributed by atoms with Gasteiger partial charge in [-0.25, -0.2) is 4.98 Å². The third-order valence-corrected chi connectivity index (χ3v) is 4.96. The van der Waals surface area contributed by atoms with E-state index in [0.29, 0.717) is 6.54 Å². The lowest BCUT2D eigenvalue weighted by Crippen LogP contribution is -2.52. The Hall–Kier alpha value is -3.98. The summed E-state index contributed by atoms with van der Waals surface area (Å²) in [5.74, 6) is -0.467. The standard InChI is InChI=1S/C22H22N4O3.C2H4O2/c1-15-23-11-12-26(15)18-10-6-5-9-17(18)13-24-22(28)21-20(25-19(27)14-29-21)16-7-3-2-4-8-16;1-2(3)4/h2-12,20-21H,13-14H2,1H3,(H,24,28)(H,25,27);1H3,(H,3,4)/t20-,21+;/m1./s1. The number of ether oxygens (including phenoxy) is 1. The van der Waals surface area contributed by atoms with Gasteiger partial charge in [-0.15, -0.1) is 0 Å². The van der Waals surface area contributed by atoms with E-state index in [1.807, 2.05) is 72.3 Å². The molecule has 2 atom stereocenters. The smallest absolute Gasteiger partial charge is 0.300 e. The number of amides is 2. The summed E-state index contributed by atoms with van der Waals surface area (Å²) in [7, 11) is 0. The number of benzene rings is 2. The van der Waals surface area contributed by atoms with Crippen molar-refractivity contribution in [2.75, 3.05) is 6.61 Å². The van der Waals surface area contributed by atoms with Gasteiger partial charge in [-0.05, 0) is 24.1 Å². The van der Waals surface area contributed by atoms with E-state index in [9.17, 15) is 9.59 Å². The van der Waals surface area contributed by atoms with E-state index in [4.69, 9.17) is 14.6 Å². The van der Waals surface area contributed by atoms with Crippen LogP contribution < -0.4 is 10.6 Å². The van der Waals surface area contributed by atoms with Crippen LogP contribution in [-0.2, 0) is 25.7 Å². The zero-order valence-corrected chi connectivity index (χ0v) is 18.4. The molecule has 2 amide bonds. The number of aromatic nitrogens is 2. The molecule has 1 aliphatic rings. The van der Waals surface area contributed by atoms with E-state index in [1.54, 1.807) is 6.20 Å². The summed E-state index contributed by atoms with van der Waals surface area (Å²) < 4.78 is 7.57. The van der Waals surface area contributed by atoms with Crippen LogP contribution >= 0.6 is 0 Å². The molecule has 2 aromatic carbocycles. The Morgan fingerprint density at radius 3 is 2.52 bits per heavy atom. The van der Waals surface area contributed by atoms with Crippen LogP contribution in [0.5, 0.6) is 0 Å². The number of morpholine rings is 1. The second-order valence-electron chi connectivity index (χ2n) is 7.40.